The summed E-state index contributed by atoms with van der Waals surface area (Å²) >= 11 is 0. The molecule has 1 aliphatic carbocycles. The number of carbonyl (C=O) groups excluding carboxylic acids is 3. The van der Waals surface area contributed by atoms with Crippen LogP contribution in [-0.2, 0) is 16.0 Å². The molecular weight excluding hydrogens is 372 g/mol. The first-order valence-corrected chi connectivity index (χ1v) is 8.75. The molecule has 1 fully saturated rings. The number of amides is 1. The number of halogens is 2. The highest BCUT2D eigenvalue weighted by Gasteiger charge is 2.50. The third-order valence-electron chi connectivity index (χ3n) is 5.30. The predicted octanol–water partition coefficient (Wildman–Crippen LogP) is 2.85. The first-order valence-electron chi connectivity index (χ1n) is 8.75. The van der Waals surface area contributed by atoms with E-state index in [1.165, 1.54) is 12.3 Å². The number of methoxy groups -OCH3 is 1. The number of ether oxygens (including phenoxy) is 1. The zero-order valence-corrected chi connectivity index (χ0v) is 15.2. The van der Waals surface area contributed by atoms with Crippen LogP contribution in [0.1, 0.15) is 56.7 Å². The zero-order valence-electron chi connectivity index (χ0n) is 15.2. The standard InChI is InChI=1S/C19H17F2N3O4/c1-8-14(16(25)19(27)28-2)13-6-9-5-12(9)24(13)15(8)18(26)23-10-3-4-22-11(7-10)17(20)21/h3-4,7,9,12,17H,5-6H2,1-2H3,(H,22,23,26)/t9-,12-/m1/s1. The van der Waals surface area contributed by atoms with Gasteiger partial charge in [-0.1, -0.05) is 0 Å². The van der Waals surface area contributed by atoms with E-state index < -0.39 is 29.8 Å². The maximum Gasteiger partial charge on any atom is 0.379 e. The van der Waals surface area contributed by atoms with Gasteiger partial charge in [0.15, 0.2) is 0 Å². The van der Waals surface area contributed by atoms with E-state index in [1.807, 2.05) is 0 Å². The molecule has 28 heavy (non-hydrogen) atoms. The topological polar surface area (TPSA) is 90.3 Å². The minimum atomic E-state index is -2.76. The van der Waals surface area contributed by atoms with Crippen molar-refractivity contribution in [3.63, 3.8) is 0 Å². The first-order chi connectivity index (χ1) is 13.3. The molecule has 4 rings (SSSR count). The van der Waals surface area contributed by atoms with E-state index in [2.05, 4.69) is 15.0 Å². The molecular formula is C19H17F2N3O4. The minimum absolute atomic E-state index is 0.114. The highest BCUT2D eigenvalue weighted by Crippen LogP contribution is 2.54. The van der Waals surface area contributed by atoms with E-state index in [-0.39, 0.29) is 23.0 Å². The lowest BCUT2D eigenvalue weighted by molar-refractivity contribution is -0.135. The summed E-state index contributed by atoms with van der Waals surface area (Å²) in [6, 6.07) is 2.63. The molecule has 0 aromatic carbocycles. The summed E-state index contributed by atoms with van der Waals surface area (Å²) in [5.41, 5.74) is 1.24. The maximum atomic E-state index is 12.9. The van der Waals surface area contributed by atoms with Crippen molar-refractivity contribution in [2.24, 2.45) is 5.92 Å². The lowest BCUT2D eigenvalue weighted by Crippen LogP contribution is -2.19. The SMILES string of the molecule is COC(=O)C(=O)c1c(C)c(C(=O)Nc2ccnc(C(F)F)c2)n2c1C[C@H]1C[C@H]12. The van der Waals surface area contributed by atoms with Crippen molar-refractivity contribution < 1.29 is 27.9 Å². The Hall–Kier alpha value is -3.10. The van der Waals surface area contributed by atoms with Gasteiger partial charge in [-0.3, -0.25) is 14.6 Å². The monoisotopic (exact) mass is 389 g/mol. The van der Waals surface area contributed by atoms with Gasteiger partial charge in [0.25, 0.3) is 18.1 Å². The fourth-order valence-corrected chi connectivity index (χ4v) is 3.96. The molecule has 0 radical (unpaired) electrons. The normalized spacial score (nSPS) is 19.2. The second-order valence-corrected chi connectivity index (χ2v) is 6.98. The number of alkyl halides is 2. The van der Waals surface area contributed by atoms with Crippen LogP contribution in [0, 0.1) is 12.8 Å². The number of nitrogens with one attached hydrogen (secondary N) is 1. The molecule has 0 spiro atoms. The lowest BCUT2D eigenvalue weighted by atomic mass is 10.0. The highest BCUT2D eigenvalue weighted by molar-refractivity contribution is 6.41. The number of anilines is 1. The molecule has 1 saturated carbocycles. The number of pyridine rings is 1. The number of fused-ring (bicyclic) bond motifs is 3. The molecule has 7 nitrogen and oxygen atoms in total. The summed E-state index contributed by atoms with van der Waals surface area (Å²) in [4.78, 5) is 40.8. The van der Waals surface area contributed by atoms with Crippen LogP contribution in [0.15, 0.2) is 18.3 Å². The number of esters is 1. The minimum Gasteiger partial charge on any atom is -0.463 e. The van der Waals surface area contributed by atoms with Gasteiger partial charge in [0.1, 0.15) is 11.4 Å². The van der Waals surface area contributed by atoms with Crippen LogP contribution in [0.3, 0.4) is 0 Å². The van der Waals surface area contributed by atoms with Crippen LogP contribution >= 0.6 is 0 Å². The molecule has 146 valence electrons. The number of ketones is 1. The fraction of sp³-hybridized carbons (Fsp3) is 0.368. The van der Waals surface area contributed by atoms with Crippen LogP contribution in [0.2, 0.25) is 0 Å². The molecule has 0 saturated heterocycles. The predicted molar refractivity (Wildman–Crippen MR) is 93.5 cm³/mol. The van der Waals surface area contributed by atoms with E-state index in [0.717, 1.165) is 19.6 Å². The molecule has 1 N–H and O–H groups in total. The van der Waals surface area contributed by atoms with E-state index in [9.17, 15) is 23.2 Å². The molecule has 2 aliphatic rings. The van der Waals surface area contributed by atoms with Gasteiger partial charge in [-0.15, -0.1) is 0 Å². The molecule has 3 heterocycles. The van der Waals surface area contributed by atoms with Gasteiger partial charge in [0, 0.05) is 23.6 Å². The van der Waals surface area contributed by atoms with E-state index in [0.29, 0.717) is 23.6 Å². The number of nitrogens with zero attached hydrogens (tertiary/aromatic N) is 2. The van der Waals surface area contributed by atoms with E-state index >= 15 is 0 Å². The van der Waals surface area contributed by atoms with Crippen molar-refractivity contribution in [2.75, 3.05) is 12.4 Å². The number of hydrogen-bond donors (Lipinski definition) is 1. The van der Waals surface area contributed by atoms with Gasteiger partial charge in [0.05, 0.1) is 12.7 Å². The Bertz CT molecular complexity index is 1010. The molecule has 1 aliphatic heterocycles. The Balaban J connectivity index is 1.72. The molecule has 2 atom stereocenters. The van der Waals surface area contributed by atoms with E-state index in [1.54, 1.807) is 11.5 Å². The van der Waals surface area contributed by atoms with Crippen molar-refractivity contribution in [3.8, 4) is 0 Å². The van der Waals surface area contributed by atoms with Crippen LogP contribution < -0.4 is 5.32 Å². The van der Waals surface area contributed by atoms with Crippen LogP contribution in [-0.4, -0.2) is 34.3 Å². The Morgan fingerprint density at radius 1 is 1.36 bits per heavy atom. The van der Waals surface area contributed by atoms with Crippen LogP contribution in [0.25, 0.3) is 0 Å². The molecule has 9 heteroatoms. The highest BCUT2D eigenvalue weighted by atomic mass is 19.3. The van der Waals surface area contributed by atoms with Crippen molar-refractivity contribution >= 4 is 23.3 Å². The summed E-state index contributed by atoms with van der Waals surface area (Å²) in [6.07, 6.45) is -0.0531. The van der Waals surface area contributed by atoms with Crippen molar-refractivity contribution in [1.29, 1.82) is 0 Å². The summed E-state index contributed by atoms with van der Waals surface area (Å²) < 4.78 is 32.0. The average molecular weight is 389 g/mol. The van der Waals surface area contributed by atoms with Gasteiger partial charge in [-0.25, -0.2) is 13.6 Å². The Labute approximate surface area is 158 Å². The van der Waals surface area contributed by atoms with Crippen molar-refractivity contribution in [1.82, 2.24) is 9.55 Å². The quantitative estimate of drug-likeness (QED) is 0.482. The van der Waals surface area contributed by atoms with Crippen molar-refractivity contribution in [3.05, 3.63) is 46.5 Å². The van der Waals surface area contributed by atoms with Gasteiger partial charge >= 0.3 is 5.97 Å². The number of aromatic nitrogens is 2. The number of hydrogen-bond acceptors (Lipinski definition) is 5. The van der Waals surface area contributed by atoms with Crippen LogP contribution in [0.4, 0.5) is 14.5 Å². The number of rotatable bonds is 5. The molecule has 1 amide bonds. The maximum absolute atomic E-state index is 12.9. The lowest BCUT2D eigenvalue weighted by Gasteiger charge is -2.11. The Morgan fingerprint density at radius 3 is 2.79 bits per heavy atom. The Morgan fingerprint density at radius 2 is 2.11 bits per heavy atom. The molecule has 0 bridgehead atoms. The van der Waals surface area contributed by atoms with Gasteiger partial charge in [0.2, 0.25) is 0 Å². The number of Topliss-reactive ketones (excluding diaryl/α,β-unsaturated/α-hetero) is 1. The van der Waals surface area contributed by atoms with E-state index in [4.69, 9.17) is 0 Å². The third kappa shape index (κ3) is 2.78. The fourth-order valence-electron chi connectivity index (χ4n) is 3.96. The molecule has 2 aromatic rings. The summed E-state index contributed by atoms with van der Waals surface area (Å²) in [5, 5.41) is 2.60. The summed E-state index contributed by atoms with van der Waals surface area (Å²) in [5.74, 6) is -1.95. The largest absolute Gasteiger partial charge is 0.463 e. The first kappa shape index (κ1) is 18.3. The van der Waals surface area contributed by atoms with Crippen molar-refractivity contribution in [2.45, 2.75) is 32.2 Å². The van der Waals surface area contributed by atoms with Gasteiger partial charge in [-0.2, -0.15) is 0 Å². The summed E-state index contributed by atoms with van der Waals surface area (Å²) in [7, 11) is 1.13. The average Bonchev–Trinajstić information content (AvgIpc) is 3.24. The summed E-state index contributed by atoms with van der Waals surface area (Å²) in [6.45, 7) is 1.60. The zero-order chi connectivity index (χ0) is 20.2. The second-order valence-electron chi connectivity index (χ2n) is 6.98. The molecule has 2 aromatic heterocycles. The van der Waals surface area contributed by atoms with Crippen LogP contribution in [0.5, 0.6) is 0 Å². The third-order valence-corrected chi connectivity index (χ3v) is 5.30. The number of carbonyl (C=O) groups is 3. The molecule has 0 unspecified atom stereocenters. The smallest absolute Gasteiger partial charge is 0.379 e. The van der Waals surface area contributed by atoms with Gasteiger partial charge in [-0.05, 0) is 43.4 Å². The second kappa shape index (κ2) is 6.50. The Kier molecular flexibility index (Phi) is 4.24. The van der Waals surface area contributed by atoms with Gasteiger partial charge < -0.3 is 14.6 Å².